The summed E-state index contributed by atoms with van der Waals surface area (Å²) in [5, 5.41) is 9.65. The van der Waals surface area contributed by atoms with Gasteiger partial charge in [0.15, 0.2) is 0 Å². The quantitative estimate of drug-likeness (QED) is 0.380. The van der Waals surface area contributed by atoms with Crippen LogP contribution in [0.2, 0.25) is 5.02 Å². The molecule has 0 spiro atoms. The zero-order valence-electron chi connectivity index (χ0n) is 16.8. The van der Waals surface area contributed by atoms with Gasteiger partial charge in [-0.15, -0.1) is 0 Å². The van der Waals surface area contributed by atoms with E-state index in [0.717, 1.165) is 42.5 Å². The number of rotatable bonds is 9. The number of nitrogens with zero attached hydrogens (tertiary/aromatic N) is 1. The number of carbonyl (C=O) groups is 1. The molecule has 1 saturated heterocycles. The number of unbranched alkanes of at least 4 members (excludes halogenated alkanes) is 2. The Balaban J connectivity index is 1.45. The summed E-state index contributed by atoms with van der Waals surface area (Å²) in [7, 11) is 0. The zero-order valence-corrected chi connectivity index (χ0v) is 19.2. The van der Waals surface area contributed by atoms with Gasteiger partial charge in [0.2, 0.25) is 0 Å². The molecule has 3 N–H and O–H groups in total. The molecule has 3 rings (SSSR count). The van der Waals surface area contributed by atoms with E-state index >= 15 is 0 Å². The van der Waals surface area contributed by atoms with Crippen molar-refractivity contribution in [2.45, 2.75) is 38.5 Å². The van der Waals surface area contributed by atoms with Gasteiger partial charge in [0, 0.05) is 11.6 Å². The summed E-state index contributed by atoms with van der Waals surface area (Å²) in [6.45, 7) is 3.13. The van der Waals surface area contributed by atoms with Gasteiger partial charge in [-0.3, -0.25) is 4.79 Å². The molecular formula is C22H27BrClFN4O. The lowest BCUT2D eigenvalue weighted by Crippen LogP contribution is -2.29. The number of aromatic nitrogens is 1. The van der Waals surface area contributed by atoms with Crippen LogP contribution in [0.5, 0.6) is 0 Å². The minimum atomic E-state index is -0.667. The SMILES string of the molecule is O=C(Nc1ccc(Br)c(NCCCCCC2CCCNC2)n1)c1ccc(Cl)cc1F. The number of nitrogens with one attached hydrogen (secondary N) is 3. The van der Waals surface area contributed by atoms with Crippen molar-refractivity contribution in [2.24, 2.45) is 5.92 Å². The molecule has 1 aromatic heterocycles. The van der Waals surface area contributed by atoms with E-state index in [4.69, 9.17) is 11.6 Å². The molecule has 1 fully saturated rings. The van der Waals surface area contributed by atoms with Crippen molar-refractivity contribution < 1.29 is 9.18 Å². The third kappa shape index (κ3) is 6.93. The molecule has 1 amide bonds. The molecule has 2 aromatic rings. The number of hydrogen-bond acceptors (Lipinski definition) is 4. The molecule has 30 heavy (non-hydrogen) atoms. The first-order chi connectivity index (χ1) is 14.5. The van der Waals surface area contributed by atoms with Crippen LogP contribution in [0.4, 0.5) is 16.0 Å². The minimum absolute atomic E-state index is 0.0770. The van der Waals surface area contributed by atoms with Crippen LogP contribution in [0.3, 0.4) is 0 Å². The average molecular weight is 498 g/mol. The number of amides is 1. The fraction of sp³-hybridized carbons (Fsp3) is 0.455. The number of pyridine rings is 1. The zero-order chi connectivity index (χ0) is 21.3. The molecule has 0 bridgehead atoms. The predicted octanol–water partition coefficient (Wildman–Crippen LogP) is 5.86. The van der Waals surface area contributed by atoms with E-state index in [-0.39, 0.29) is 10.6 Å². The highest BCUT2D eigenvalue weighted by Gasteiger charge is 2.14. The number of carbonyl (C=O) groups excluding carboxylic acids is 1. The van der Waals surface area contributed by atoms with Crippen LogP contribution >= 0.6 is 27.5 Å². The van der Waals surface area contributed by atoms with Crippen LogP contribution in [-0.4, -0.2) is 30.5 Å². The summed E-state index contributed by atoms with van der Waals surface area (Å²) in [5.74, 6) is 0.598. The molecular weight excluding hydrogens is 471 g/mol. The standard InChI is InChI=1S/C22H27BrClFN4O/c23-18-9-10-20(29-22(30)17-8-7-16(24)13-19(17)25)28-21(18)27-12-3-1-2-5-15-6-4-11-26-14-15/h7-10,13,15,26H,1-6,11-12,14H2,(H2,27,28,29,30). The Bertz CT molecular complexity index is 861. The van der Waals surface area contributed by atoms with Crippen molar-refractivity contribution >= 4 is 45.1 Å². The molecule has 162 valence electrons. The number of anilines is 2. The van der Waals surface area contributed by atoms with E-state index in [1.165, 1.54) is 44.2 Å². The number of halogens is 3. The van der Waals surface area contributed by atoms with E-state index in [0.29, 0.717) is 11.6 Å². The molecule has 8 heteroatoms. The normalized spacial score (nSPS) is 16.3. The van der Waals surface area contributed by atoms with Crippen LogP contribution in [0.25, 0.3) is 0 Å². The van der Waals surface area contributed by atoms with Crippen molar-refractivity contribution in [3.8, 4) is 0 Å². The summed E-state index contributed by atoms with van der Waals surface area (Å²) in [6.07, 6.45) is 7.40. The van der Waals surface area contributed by atoms with Crippen molar-refractivity contribution in [1.82, 2.24) is 10.3 Å². The second-order valence-corrected chi connectivity index (χ2v) is 8.88. The molecule has 5 nitrogen and oxygen atoms in total. The van der Waals surface area contributed by atoms with Gasteiger partial charge in [0.05, 0.1) is 10.0 Å². The van der Waals surface area contributed by atoms with Crippen LogP contribution in [0.15, 0.2) is 34.8 Å². The van der Waals surface area contributed by atoms with Gasteiger partial charge >= 0.3 is 0 Å². The van der Waals surface area contributed by atoms with Gasteiger partial charge in [-0.1, -0.05) is 24.4 Å². The maximum absolute atomic E-state index is 13.9. The Morgan fingerprint density at radius 2 is 2.13 bits per heavy atom. The van der Waals surface area contributed by atoms with E-state index < -0.39 is 11.7 Å². The van der Waals surface area contributed by atoms with Crippen molar-refractivity contribution in [3.63, 3.8) is 0 Å². The topological polar surface area (TPSA) is 66.1 Å². The van der Waals surface area contributed by atoms with Gasteiger partial charge in [0.25, 0.3) is 5.91 Å². The first kappa shape index (κ1) is 23.0. The van der Waals surface area contributed by atoms with E-state index in [1.807, 2.05) is 0 Å². The Kier molecular flexibility index (Phi) is 8.90. The molecule has 2 heterocycles. The maximum Gasteiger partial charge on any atom is 0.259 e. The molecule has 0 aliphatic carbocycles. The lowest BCUT2D eigenvalue weighted by atomic mass is 9.94. The van der Waals surface area contributed by atoms with E-state index in [1.54, 1.807) is 12.1 Å². The molecule has 1 aliphatic rings. The Labute approximate surface area is 190 Å². The number of benzene rings is 1. The van der Waals surface area contributed by atoms with Crippen LogP contribution < -0.4 is 16.0 Å². The molecule has 1 unspecified atom stereocenters. The fourth-order valence-electron chi connectivity index (χ4n) is 3.60. The molecule has 1 aliphatic heterocycles. The molecule has 0 radical (unpaired) electrons. The summed E-state index contributed by atoms with van der Waals surface area (Å²) in [4.78, 5) is 16.8. The smallest absolute Gasteiger partial charge is 0.259 e. The molecule has 0 saturated carbocycles. The Morgan fingerprint density at radius 1 is 1.27 bits per heavy atom. The van der Waals surface area contributed by atoms with Crippen LogP contribution in [-0.2, 0) is 0 Å². The third-order valence-corrected chi connectivity index (χ3v) is 6.12. The van der Waals surface area contributed by atoms with Crippen LogP contribution in [0, 0.1) is 11.7 Å². The fourth-order valence-corrected chi connectivity index (χ4v) is 4.12. The second kappa shape index (κ2) is 11.6. The monoisotopic (exact) mass is 496 g/mol. The van der Waals surface area contributed by atoms with Gasteiger partial charge in [0.1, 0.15) is 17.5 Å². The maximum atomic E-state index is 13.9. The first-order valence-electron chi connectivity index (χ1n) is 10.4. The van der Waals surface area contributed by atoms with Gasteiger partial charge in [-0.2, -0.15) is 0 Å². The first-order valence-corrected chi connectivity index (χ1v) is 11.6. The Morgan fingerprint density at radius 3 is 2.90 bits per heavy atom. The van der Waals surface area contributed by atoms with Crippen molar-refractivity contribution in [3.05, 3.63) is 51.2 Å². The van der Waals surface area contributed by atoms with E-state index in [2.05, 4.69) is 36.9 Å². The summed E-state index contributed by atoms with van der Waals surface area (Å²) in [6, 6.07) is 7.42. The van der Waals surface area contributed by atoms with Gasteiger partial charge < -0.3 is 16.0 Å². The highest BCUT2D eigenvalue weighted by atomic mass is 79.9. The van der Waals surface area contributed by atoms with E-state index in [9.17, 15) is 9.18 Å². The second-order valence-electron chi connectivity index (χ2n) is 7.59. The highest BCUT2D eigenvalue weighted by molar-refractivity contribution is 9.10. The number of piperidine rings is 1. The van der Waals surface area contributed by atoms with Gasteiger partial charge in [-0.25, -0.2) is 9.37 Å². The summed E-state index contributed by atoms with van der Waals surface area (Å²) < 4.78 is 14.8. The van der Waals surface area contributed by atoms with Crippen LogP contribution in [0.1, 0.15) is 48.9 Å². The third-order valence-electron chi connectivity index (χ3n) is 5.24. The largest absolute Gasteiger partial charge is 0.369 e. The minimum Gasteiger partial charge on any atom is -0.369 e. The van der Waals surface area contributed by atoms with Crippen molar-refractivity contribution in [2.75, 3.05) is 30.3 Å². The Hall–Kier alpha value is -1.70. The average Bonchev–Trinajstić information content (AvgIpc) is 2.73. The molecule has 1 aromatic carbocycles. The van der Waals surface area contributed by atoms with Crippen molar-refractivity contribution in [1.29, 1.82) is 0 Å². The summed E-state index contributed by atoms with van der Waals surface area (Å²) in [5.41, 5.74) is -0.0770. The lowest BCUT2D eigenvalue weighted by Gasteiger charge is -2.22. The highest BCUT2D eigenvalue weighted by Crippen LogP contribution is 2.23. The molecule has 1 atom stereocenters. The predicted molar refractivity (Wildman–Crippen MR) is 124 cm³/mol. The number of hydrogen-bond donors (Lipinski definition) is 3. The lowest BCUT2D eigenvalue weighted by molar-refractivity contribution is 0.102. The summed E-state index contributed by atoms with van der Waals surface area (Å²) >= 11 is 9.22. The van der Waals surface area contributed by atoms with Gasteiger partial charge in [-0.05, 0) is 91.0 Å².